The second-order valence-electron chi connectivity index (χ2n) is 7.90. The number of hydrogen-bond acceptors (Lipinski definition) is 3. The fourth-order valence-corrected chi connectivity index (χ4v) is 3.97. The number of aryl methyl sites for hydroxylation is 1. The van der Waals surface area contributed by atoms with Gasteiger partial charge in [0.05, 0.1) is 0 Å². The quantitative estimate of drug-likeness (QED) is 0.506. The van der Waals surface area contributed by atoms with Crippen molar-refractivity contribution in [3.63, 3.8) is 0 Å². The maximum atomic E-state index is 13.4. The van der Waals surface area contributed by atoms with E-state index in [4.69, 9.17) is 0 Å². The second-order valence-corrected chi connectivity index (χ2v) is 7.90. The summed E-state index contributed by atoms with van der Waals surface area (Å²) in [5, 5.41) is 2.97. The Balaban J connectivity index is 1.49. The number of carbonyl (C=O) groups is 2. The van der Waals surface area contributed by atoms with Gasteiger partial charge in [0.15, 0.2) is 0 Å². The van der Waals surface area contributed by atoms with Crippen LogP contribution in [0.2, 0.25) is 0 Å². The number of benzene rings is 2. The summed E-state index contributed by atoms with van der Waals surface area (Å²) < 4.78 is 15.2. The number of carbonyl (C=O) groups excluding carboxylic acids is 2. The minimum absolute atomic E-state index is 0.104. The molecular formula is C25H21FN4O2. The van der Waals surface area contributed by atoms with Crippen molar-refractivity contribution in [3.8, 4) is 11.3 Å². The highest BCUT2D eigenvalue weighted by atomic mass is 19.1. The average molecular weight is 428 g/mol. The molecule has 5 rings (SSSR count). The van der Waals surface area contributed by atoms with Crippen molar-refractivity contribution in [1.29, 1.82) is 0 Å². The molecular weight excluding hydrogens is 407 g/mol. The summed E-state index contributed by atoms with van der Waals surface area (Å²) in [5.41, 5.74) is 4.24. The number of halogens is 1. The third-order valence-electron chi connectivity index (χ3n) is 5.65. The van der Waals surface area contributed by atoms with Gasteiger partial charge in [-0.2, -0.15) is 0 Å². The number of amides is 2. The van der Waals surface area contributed by atoms with Crippen LogP contribution in [0, 0.1) is 12.7 Å². The van der Waals surface area contributed by atoms with Crippen molar-refractivity contribution in [1.82, 2.24) is 9.38 Å². The van der Waals surface area contributed by atoms with E-state index in [-0.39, 0.29) is 17.6 Å². The minimum atomic E-state index is -0.337. The summed E-state index contributed by atoms with van der Waals surface area (Å²) in [6.07, 6.45) is 3.26. The van der Waals surface area contributed by atoms with Crippen LogP contribution < -0.4 is 10.2 Å². The fourth-order valence-electron chi connectivity index (χ4n) is 3.97. The van der Waals surface area contributed by atoms with E-state index in [1.807, 2.05) is 25.3 Å². The Morgan fingerprint density at radius 1 is 1.06 bits per heavy atom. The largest absolute Gasteiger partial charge is 0.312 e. The second kappa shape index (κ2) is 7.92. The maximum Gasteiger partial charge on any atom is 0.256 e. The lowest BCUT2D eigenvalue weighted by Gasteiger charge is -2.16. The van der Waals surface area contributed by atoms with Gasteiger partial charge in [0.1, 0.15) is 23.0 Å². The molecule has 1 saturated heterocycles. The first-order valence-electron chi connectivity index (χ1n) is 10.5. The fraction of sp³-hybridized carbons (Fsp3) is 0.160. The SMILES string of the molecule is Cc1ccn2c(NC(=O)c3ccc(N4CCCC4=O)cc3)c(-c3ccc(F)cc3)nc2c1. The van der Waals surface area contributed by atoms with Gasteiger partial charge in [0.25, 0.3) is 5.91 Å². The van der Waals surface area contributed by atoms with Gasteiger partial charge in [0.2, 0.25) is 5.91 Å². The average Bonchev–Trinajstić information content (AvgIpc) is 3.37. The number of pyridine rings is 1. The minimum Gasteiger partial charge on any atom is -0.312 e. The number of imidazole rings is 1. The van der Waals surface area contributed by atoms with Crippen LogP contribution in [0.25, 0.3) is 16.9 Å². The Hall–Kier alpha value is -4.00. The molecule has 0 unspecified atom stereocenters. The smallest absolute Gasteiger partial charge is 0.256 e. The Bertz CT molecular complexity index is 1330. The molecule has 2 aromatic carbocycles. The van der Waals surface area contributed by atoms with Crippen LogP contribution >= 0.6 is 0 Å². The highest BCUT2D eigenvalue weighted by Gasteiger charge is 2.22. The van der Waals surface area contributed by atoms with Gasteiger partial charge in [-0.05, 0) is 79.6 Å². The molecule has 1 fully saturated rings. The zero-order valence-corrected chi connectivity index (χ0v) is 17.5. The van der Waals surface area contributed by atoms with E-state index in [1.165, 1.54) is 12.1 Å². The predicted octanol–water partition coefficient (Wildman–Crippen LogP) is 4.83. The Morgan fingerprint density at radius 3 is 2.50 bits per heavy atom. The van der Waals surface area contributed by atoms with E-state index < -0.39 is 0 Å². The summed E-state index contributed by atoms with van der Waals surface area (Å²) in [6.45, 7) is 2.67. The molecule has 0 bridgehead atoms. The molecule has 0 saturated carbocycles. The zero-order chi connectivity index (χ0) is 22.2. The van der Waals surface area contributed by atoms with E-state index in [0.717, 1.165) is 17.7 Å². The Labute approximate surface area is 184 Å². The van der Waals surface area contributed by atoms with Gasteiger partial charge in [-0.3, -0.25) is 14.0 Å². The van der Waals surface area contributed by atoms with Crippen LogP contribution in [0.1, 0.15) is 28.8 Å². The van der Waals surface area contributed by atoms with Crippen molar-refractivity contribution in [2.75, 3.05) is 16.8 Å². The third-order valence-corrected chi connectivity index (χ3v) is 5.65. The molecule has 2 aromatic heterocycles. The van der Waals surface area contributed by atoms with Gasteiger partial charge >= 0.3 is 0 Å². The highest BCUT2D eigenvalue weighted by Crippen LogP contribution is 2.30. The molecule has 0 atom stereocenters. The van der Waals surface area contributed by atoms with Crippen molar-refractivity contribution in [2.24, 2.45) is 0 Å². The molecule has 6 nitrogen and oxygen atoms in total. The van der Waals surface area contributed by atoms with Crippen molar-refractivity contribution in [3.05, 3.63) is 83.8 Å². The lowest BCUT2D eigenvalue weighted by molar-refractivity contribution is -0.117. The van der Waals surface area contributed by atoms with Crippen LogP contribution in [0.5, 0.6) is 0 Å². The molecule has 1 N–H and O–H groups in total. The van der Waals surface area contributed by atoms with Gasteiger partial charge in [-0.15, -0.1) is 0 Å². The number of rotatable bonds is 4. The lowest BCUT2D eigenvalue weighted by Crippen LogP contribution is -2.23. The predicted molar refractivity (Wildman–Crippen MR) is 121 cm³/mol. The molecule has 4 aromatic rings. The standard InChI is InChI=1S/C25H21FN4O2/c1-16-12-14-30-21(15-16)27-23(17-4-8-19(26)9-5-17)24(30)28-25(32)18-6-10-20(11-7-18)29-13-2-3-22(29)31/h4-12,14-15H,2-3,13H2,1H3,(H,28,32). The molecule has 32 heavy (non-hydrogen) atoms. The normalized spacial score (nSPS) is 13.7. The molecule has 1 aliphatic rings. The maximum absolute atomic E-state index is 13.4. The third kappa shape index (κ3) is 3.62. The first-order valence-corrected chi connectivity index (χ1v) is 10.5. The van der Waals surface area contributed by atoms with Crippen LogP contribution in [-0.2, 0) is 4.79 Å². The zero-order valence-electron chi connectivity index (χ0n) is 17.5. The Kier molecular flexibility index (Phi) is 4.93. The van der Waals surface area contributed by atoms with Crippen LogP contribution in [-0.4, -0.2) is 27.7 Å². The molecule has 1 aliphatic heterocycles. The van der Waals surface area contributed by atoms with Crippen LogP contribution in [0.3, 0.4) is 0 Å². The number of nitrogens with one attached hydrogen (secondary N) is 1. The summed E-state index contributed by atoms with van der Waals surface area (Å²) in [7, 11) is 0. The number of fused-ring (bicyclic) bond motifs is 1. The highest BCUT2D eigenvalue weighted by molar-refractivity contribution is 6.06. The van der Waals surface area contributed by atoms with Gasteiger partial charge in [0, 0.05) is 36.0 Å². The van der Waals surface area contributed by atoms with Gasteiger partial charge in [-0.25, -0.2) is 9.37 Å². The van der Waals surface area contributed by atoms with E-state index >= 15 is 0 Å². The molecule has 7 heteroatoms. The van der Waals surface area contributed by atoms with Crippen LogP contribution in [0.15, 0.2) is 66.9 Å². The summed E-state index contributed by atoms with van der Waals surface area (Å²) in [5.74, 6) is -0.0203. The Morgan fingerprint density at radius 2 is 1.81 bits per heavy atom. The molecule has 0 aliphatic carbocycles. The molecule has 0 spiro atoms. The number of hydrogen-bond donors (Lipinski definition) is 1. The number of anilines is 2. The first kappa shape index (κ1) is 19.9. The molecule has 3 heterocycles. The summed E-state index contributed by atoms with van der Waals surface area (Å²) in [6, 6.07) is 16.9. The van der Waals surface area contributed by atoms with Crippen molar-refractivity contribution in [2.45, 2.75) is 19.8 Å². The molecule has 0 radical (unpaired) electrons. The molecule has 160 valence electrons. The monoisotopic (exact) mass is 428 g/mol. The number of aromatic nitrogens is 2. The van der Waals surface area contributed by atoms with E-state index in [9.17, 15) is 14.0 Å². The van der Waals surface area contributed by atoms with E-state index in [1.54, 1.807) is 45.7 Å². The van der Waals surface area contributed by atoms with Crippen molar-refractivity contribution < 1.29 is 14.0 Å². The van der Waals surface area contributed by atoms with Gasteiger partial charge in [-0.1, -0.05) is 0 Å². The molecule has 2 amide bonds. The van der Waals surface area contributed by atoms with E-state index in [0.29, 0.717) is 41.3 Å². The topological polar surface area (TPSA) is 66.7 Å². The summed E-state index contributed by atoms with van der Waals surface area (Å²) >= 11 is 0. The summed E-state index contributed by atoms with van der Waals surface area (Å²) in [4.78, 5) is 31.4. The van der Waals surface area contributed by atoms with Crippen LogP contribution in [0.4, 0.5) is 15.9 Å². The number of nitrogens with zero attached hydrogens (tertiary/aromatic N) is 3. The van der Waals surface area contributed by atoms with E-state index in [2.05, 4.69) is 10.3 Å². The lowest BCUT2D eigenvalue weighted by atomic mass is 10.1. The first-order chi connectivity index (χ1) is 15.5. The van der Waals surface area contributed by atoms with Crippen molar-refractivity contribution >= 4 is 29.0 Å². The van der Waals surface area contributed by atoms with Gasteiger partial charge < -0.3 is 10.2 Å².